The van der Waals surface area contributed by atoms with E-state index in [0.29, 0.717) is 41.1 Å². The van der Waals surface area contributed by atoms with E-state index in [1.807, 2.05) is 4.90 Å². The number of amides is 1. The normalized spacial score (nSPS) is 17.1. The number of thiazole rings is 1. The third kappa shape index (κ3) is 3.68. The van der Waals surface area contributed by atoms with Crippen molar-refractivity contribution in [1.82, 2.24) is 15.1 Å². The van der Waals surface area contributed by atoms with Crippen LogP contribution in [0.25, 0.3) is 11.4 Å². The molecule has 0 bridgehead atoms. The van der Waals surface area contributed by atoms with Gasteiger partial charge in [-0.25, -0.2) is 9.37 Å². The van der Waals surface area contributed by atoms with E-state index in [1.54, 1.807) is 30.6 Å². The zero-order valence-electron chi connectivity index (χ0n) is 14.7. The van der Waals surface area contributed by atoms with E-state index < -0.39 is 11.9 Å². The van der Waals surface area contributed by atoms with Gasteiger partial charge in [0.2, 0.25) is 17.6 Å². The number of piperidine rings is 1. The van der Waals surface area contributed by atoms with Crippen molar-refractivity contribution in [3.63, 3.8) is 0 Å². The summed E-state index contributed by atoms with van der Waals surface area (Å²) >= 11 is 1.36. The topological polar surface area (TPSA) is 84.2 Å². The molecule has 0 aliphatic carbocycles. The highest BCUT2D eigenvalue weighted by Crippen LogP contribution is 2.30. The van der Waals surface area contributed by atoms with Crippen LogP contribution in [0.1, 0.15) is 25.2 Å². The summed E-state index contributed by atoms with van der Waals surface area (Å²) in [6, 6.07) is 4.36. The van der Waals surface area contributed by atoms with Gasteiger partial charge in [0, 0.05) is 30.6 Å². The molecule has 1 atom stereocenters. The molecule has 0 spiro atoms. The molecule has 1 aliphatic rings. The fourth-order valence-corrected chi connectivity index (χ4v) is 3.79. The molecule has 0 radical (unpaired) electrons. The number of hydrogen-bond acceptors (Lipinski definition) is 7. The van der Waals surface area contributed by atoms with Gasteiger partial charge < -0.3 is 14.7 Å². The smallest absolute Gasteiger partial charge is 0.248 e. The van der Waals surface area contributed by atoms with Crippen LogP contribution in [0.4, 0.5) is 15.2 Å². The lowest BCUT2D eigenvalue weighted by molar-refractivity contribution is -0.117. The number of nitrogens with zero attached hydrogens (tertiary/aromatic N) is 4. The monoisotopic (exact) mass is 387 g/mol. The number of anilines is 2. The van der Waals surface area contributed by atoms with E-state index in [2.05, 4.69) is 20.4 Å². The number of hydrogen-bond donors (Lipinski definition) is 1. The number of aromatic nitrogens is 3. The van der Waals surface area contributed by atoms with Gasteiger partial charge >= 0.3 is 0 Å². The Kier molecular flexibility index (Phi) is 4.85. The van der Waals surface area contributed by atoms with Crippen LogP contribution in [0.3, 0.4) is 0 Å². The minimum Gasteiger partial charge on any atom is -0.357 e. The molecule has 1 unspecified atom stereocenters. The lowest BCUT2D eigenvalue weighted by Gasteiger charge is -2.36. The number of carbonyl (C=O) groups is 1. The highest BCUT2D eigenvalue weighted by atomic mass is 32.1. The Morgan fingerprint density at radius 1 is 1.41 bits per heavy atom. The molecule has 7 nitrogen and oxygen atoms in total. The maximum Gasteiger partial charge on any atom is 0.248 e. The molecular formula is C18H18FN5O2S. The van der Waals surface area contributed by atoms with Crippen LogP contribution in [-0.4, -0.2) is 33.6 Å². The Labute approximate surface area is 159 Å². The van der Waals surface area contributed by atoms with Gasteiger partial charge in [-0.05, 0) is 37.5 Å². The Bertz CT molecular complexity index is 943. The first kappa shape index (κ1) is 17.6. The molecule has 1 fully saturated rings. The predicted molar refractivity (Wildman–Crippen MR) is 100 cm³/mol. The zero-order valence-corrected chi connectivity index (χ0v) is 15.5. The Morgan fingerprint density at radius 3 is 3.00 bits per heavy atom. The van der Waals surface area contributed by atoms with E-state index in [4.69, 9.17) is 4.52 Å². The van der Waals surface area contributed by atoms with Crippen LogP contribution in [0.5, 0.6) is 0 Å². The quantitative estimate of drug-likeness (QED) is 0.736. The lowest BCUT2D eigenvalue weighted by atomic mass is 10.00. The number of aryl methyl sites for hydroxylation is 1. The summed E-state index contributed by atoms with van der Waals surface area (Å²) in [7, 11) is 0. The molecular weight excluding hydrogens is 369 g/mol. The van der Waals surface area contributed by atoms with Gasteiger partial charge in [0.05, 0.1) is 5.69 Å². The second-order valence-electron chi connectivity index (χ2n) is 6.33. The van der Waals surface area contributed by atoms with Crippen molar-refractivity contribution in [2.45, 2.75) is 32.2 Å². The SMILES string of the molecule is Cc1nc(-c2ccc(N3CCCCC3C(=O)Nc3nccs3)c(F)c2)no1. The van der Waals surface area contributed by atoms with Crippen molar-refractivity contribution in [2.24, 2.45) is 0 Å². The maximum atomic E-state index is 14.9. The third-order valence-electron chi connectivity index (χ3n) is 4.51. The Morgan fingerprint density at radius 2 is 2.30 bits per heavy atom. The minimum absolute atomic E-state index is 0.165. The fraction of sp³-hybridized carbons (Fsp3) is 0.333. The van der Waals surface area contributed by atoms with Gasteiger partial charge in [-0.2, -0.15) is 4.98 Å². The Balaban J connectivity index is 1.58. The predicted octanol–water partition coefficient (Wildman–Crippen LogP) is 3.64. The van der Waals surface area contributed by atoms with Crippen molar-refractivity contribution < 1.29 is 13.7 Å². The van der Waals surface area contributed by atoms with Crippen molar-refractivity contribution in [3.8, 4) is 11.4 Å². The van der Waals surface area contributed by atoms with Gasteiger partial charge in [-0.3, -0.25) is 4.79 Å². The van der Waals surface area contributed by atoms with E-state index in [-0.39, 0.29) is 5.91 Å². The van der Waals surface area contributed by atoms with Crippen LogP contribution in [0.15, 0.2) is 34.3 Å². The third-order valence-corrected chi connectivity index (χ3v) is 5.20. The van der Waals surface area contributed by atoms with Crippen molar-refractivity contribution in [2.75, 3.05) is 16.8 Å². The Hall–Kier alpha value is -2.81. The van der Waals surface area contributed by atoms with Crippen molar-refractivity contribution in [1.29, 1.82) is 0 Å². The van der Waals surface area contributed by atoms with E-state index in [0.717, 1.165) is 12.8 Å². The molecule has 2 aromatic heterocycles. The van der Waals surface area contributed by atoms with Gasteiger partial charge in [-0.1, -0.05) is 5.16 Å². The molecule has 1 aliphatic heterocycles. The highest BCUT2D eigenvalue weighted by Gasteiger charge is 2.31. The first-order valence-electron chi connectivity index (χ1n) is 8.69. The van der Waals surface area contributed by atoms with E-state index >= 15 is 0 Å². The minimum atomic E-state index is -0.435. The van der Waals surface area contributed by atoms with Crippen LogP contribution in [0.2, 0.25) is 0 Å². The summed E-state index contributed by atoms with van der Waals surface area (Å²) in [5.74, 6) is 0.185. The number of nitrogens with one attached hydrogen (secondary N) is 1. The first-order valence-corrected chi connectivity index (χ1v) is 9.57. The molecule has 3 aromatic rings. The van der Waals surface area contributed by atoms with Crippen LogP contribution in [-0.2, 0) is 4.79 Å². The zero-order chi connectivity index (χ0) is 18.8. The standard InChI is InChI=1S/C18H18FN5O2S/c1-11-21-16(23-26-11)12-5-6-14(13(19)10-12)24-8-3-2-4-15(24)17(25)22-18-20-7-9-27-18/h5-7,9-10,15H,2-4,8H2,1H3,(H,20,22,25). The molecule has 140 valence electrons. The second-order valence-corrected chi connectivity index (χ2v) is 7.23. The molecule has 1 amide bonds. The van der Waals surface area contributed by atoms with E-state index in [9.17, 15) is 9.18 Å². The lowest BCUT2D eigenvalue weighted by Crippen LogP contribution is -2.47. The van der Waals surface area contributed by atoms with Crippen LogP contribution < -0.4 is 10.2 Å². The number of halogens is 1. The fourth-order valence-electron chi connectivity index (χ4n) is 3.26. The molecule has 1 N–H and O–H groups in total. The number of benzene rings is 1. The summed E-state index contributed by atoms with van der Waals surface area (Å²) in [6.07, 6.45) is 4.14. The van der Waals surface area contributed by atoms with Gasteiger partial charge in [0.1, 0.15) is 11.9 Å². The molecule has 3 heterocycles. The molecule has 9 heteroatoms. The van der Waals surface area contributed by atoms with E-state index in [1.165, 1.54) is 17.4 Å². The first-order chi connectivity index (χ1) is 13.1. The summed E-state index contributed by atoms with van der Waals surface area (Å²) in [4.78, 5) is 22.7. The average molecular weight is 387 g/mol. The van der Waals surface area contributed by atoms with Crippen LogP contribution >= 0.6 is 11.3 Å². The molecule has 27 heavy (non-hydrogen) atoms. The maximum absolute atomic E-state index is 14.9. The molecule has 1 aromatic carbocycles. The molecule has 4 rings (SSSR count). The van der Waals surface area contributed by atoms with Crippen molar-refractivity contribution >= 4 is 28.1 Å². The second kappa shape index (κ2) is 7.43. The highest BCUT2D eigenvalue weighted by molar-refractivity contribution is 7.13. The summed E-state index contributed by atoms with van der Waals surface area (Å²) in [5.41, 5.74) is 0.937. The van der Waals surface area contributed by atoms with Crippen molar-refractivity contribution in [3.05, 3.63) is 41.5 Å². The summed E-state index contributed by atoms with van der Waals surface area (Å²) in [5, 5.41) is 8.99. The van der Waals surface area contributed by atoms with Gasteiger partial charge in [-0.15, -0.1) is 11.3 Å². The average Bonchev–Trinajstić information content (AvgIpc) is 3.33. The van der Waals surface area contributed by atoms with Crippen LogP contribution in [0, 0.1) is 12.7 Å². The largest absolute Gasteiger partial charge is 0.357 e. The molecule has 1 saturated heterocycles. The number of rotatable bonds is 4. The number of carbonyl (C=O) groups excluding carboxylic acids is 1. The molecule has 0 saturated carbocycles. The van der Waals surface area contributed by atoms with Gasteiger partial charge in [0.15, 0.2) is 5.13 Å². The summed E-state index contributed by atoms with van der Waals surface area (Å²) in [6.45, 7) is 2.30. The summed E-state index contributed by atoms with van der Waals surface area (Å²) < 4.78 is 19.8. The van der Waals surface area contributed by atoms with Gasteiger partial charge in [0.25, 0.3) is 0 Å².